The van der Waals surface area contributed by atoms with Crippen LogP contribution in [0.15, 0.2) is 87.9 Å². The predicted octanol–water partition coefficient (Wildman–Crippen LogP) is 5.19. The van der Waals surface area contributed by atoms with Gasteiger partial charge in [0.1, 0.15) is 11.4 Å². The molecule has 0 fully saturated rings. The first-order chi connectivity index (χ1) is 13.9. The van der Waals surface area contributed by atoms with Crippen molar-refractivity contribution in [1.82, 2.24) is 4.31 Å². The third-order valence-corrected chi connectivity index (χ3v) is 6.33. The summed E-state index contributed by atoms with van der Waals surface area (Å²) in [5.74, 6) is 0.0488. The van der Waals surface area contributed by atoms with Gasteiger partial charge in [-0.3, -0.25) is 0 Å². The van der Waals surface area contributed by atoms with Crippen LogP contribution in [0.4, 0.5) is 11.4 Å². The fraction of sp³-hybridized carbons (Fsp3) is 0.182. The van der Waals surface area contributed by atoms with E-state index in [1.54, 1.807) is 31.3 Å². The van der Waals surface area contributed by atoms with E-state index in [0.717, 1.165) is 17.5 Å². The zero-order valence-electron chi connectivity index (χ0n) is 16.4. The average molecular weight is 410 g/mol. The minimum Gasteiger partial charge on any atom is -0.506 e. The van der Waals surface area contributed by atoms with Crippen LogP contribution in [0.1, 0.15) is 18.1 Å². The molecule has 0 bridgehead atoms. The first-order valence-electron chi connectivity index (χ1n) is 9.24. The number of hydrogen-bond acceptors (Lipinski definition) is 5. The van der Waals surface area contributed by atoms with Crippen LogP contribution in [-0.2, 0) is 23.0 Å². The standard InChI is InChI=1S/C22H23N3O3S/c1-3-17-9-14-22(26)21(15-17)24-23-19-10-12-20(13-11-19)29(27,28)25(2)16-18-7-5-4-6-8-18/h4-15,26H,3,16H2,1-2H3. The van der Waals surface area contributed by atoms with Gasteiger partial charge in [-0.15, -0.1) is 5.11 Å². The molecule has 0 aromatic heterocycles. The smallest absolute Gasteiger partial charge is 0.243 e. The van der Waals surface area contributed by atoms with E-state index in [1.807, 2.05) is 43.3 Å². The van der Waals surface area contributed by atoms with E-state index in [4.69, 9.17) is 0 Å². The van der Waals surface area contributed by atoms with Gasteiger partial charge in [0.2, 0.25) is 10.0 Å². The van der Waals surface area contributed by atoms with Crippen LogP contribution in [0, 0.1) is 0 Å². The molecule has 3 rings (SSSR count). The summed E-state index contributed by atoms with van der Waals surface area (Å²) < 4.78 is 26.9. The van der Waals surface area contributed by atoms with Crippen molar-refractivity contribution < 1.29 is 13.5 Å². The minimum atomic E-state index is -3.62. The van der Waals surface area contributed by atoms with Gasteiger partial charge in [0.05, 0.1) is 10.6 Å². The number of phenols is 1. The maximum absolute atomic E-state index is 12.8. The highest BCUT2D eigenvalue weighted by Gasteiger charge is 2.20. The Balaban J connectivity index is 1.75. The molecule has 0 aliphatic rings. The molecule has 29 heavy (non-hydrogen) atoms. The Morgan fingerprint density at radius 2 is 1.59 bits per heavy atom. The van der Waals surface area contributed by atoms with E-state index in [0.29, 0.717) is 11.4 Å². The number of nitrogens with zero attached hydrogens (tertiary/aromatic N) is 3. The zero-order valence-corrected chi connectivity index (χ0v) is 17.2. The topological polar surface area (TPSA) is 82.3 Å². The SMILES string of the molecule is CCc1ccc(O)c(N=Nc2ccc(S(=O)(=O)N(C)Cc3ccccc3)cc2)c1. The molecular formula is C22H23N3O3S. The lowest BCUT2D eigenvalue weighted by Crippen LogP contribution is -2.26. The highest BCUT2D eigenvalue weighted by atomic mass is 32.2. The van der Waals surface area contributed by atoms with Gasteiger partial charge in [0, 0.05) is 13.6 Å². The molecular weight excluding hydrogens is 386 g/mol. The third kappa shape index (κ3) is 5.07. The van der Waals surface area contributed by atoms with E-state index in [2.05, 4.69) is 10.2 Å². The largest absolute Gasteiger partial charge is 0.506 e. The minimum absolute atomic E-state index is 0.0488. The Kier molecular flexibility index (Phi) is 6.41. The van der Waals surface area contributed by atoms with E-state index in [1.165, 1.54) is 16.4 Å². The van der Waals surface area contributed by atoms with Crippen molar-refractivity contribution in [2.45, 2.75) is 24.8 Å². The molecule has 3 aromatic carbocycles. The molecule has 0 aliphatic carbocycles. The van der Waals surface area contributed by atoms with Crippen molar-refractivity contribution >= 4 is 21.4 Å². The van der Waals surface area contributed by atoms with Crippen LogP contribution >= 0.6 is 0 Å². The lowest BCUT2D eigenvalue weighted by atomic mass is 10.1. The molecule has 0 spiro atoms. The van der Waals surface area contributed by atoms with Gasteiger partial charge in [-0.2, -0.15) is 9.42 Å². The number of aryl methyl sites for hydroxylation is 1. The molecule has 0 atom stereocenters. The summed E-state index contributed by atoms with van der Waals surface area (Å²) in [6.07, 6.45) is 0.825. The monoisotopic (exact) mass is 409 g/mol. The predicted molar refractivity (Wildman–Crippen MR) is 113 cm³/mol. The Morgan fingerprint density at radius 1 is 0.897 bits per heavy atom. The normalized spacial score (nSPS) is 12.0. The summed E-state index contributed by atoms with van der Waals surface area (Å²) in [4.78, 5) is 0.186. The molecule has 0 amide bonds. The summed E-state index contributed by atoms with van der Waals surface area (Å²) in [6, 6.07) is 20.8. The van der Waals surface area contributed by atoms with Gasteiger partial charge in [-0.1, -0.05) is 43.3 Å². The molecule has 0 heterocycles. The fourth-order valence-electron chi connectivity index (χ4n) is 2.77. The van der Waals surface area contributed by atoms with E-state index < -0.39 is 10.0 Å². The molecule has 0 unspecified atom stereocenters. The van der Waals surface area contributed by atoms with E-state index in [-0.39, 0.29) is 17.2 Å². The van der Waals surface area contributed by atoms with Gasteiger partial charge in [-0.05, 0) is 53.9 Å². The van der Waals surface area contributed by atoms with Crippen molar-refractivity contribution in [3.8, 4) is 5.75 Å². The highest BCUT2D eigenvalue weighted by molar-refractivity contribution is 7.89. The second-order valence-electron chi connectivity index (χ2n) is 6.62. The fourth-order valence-corrected chi connectivity index (χ4v) is 3.93. The molecule has 6 nitrogen and oxygen atoms in total. The van der Waals surface area contributed by atoms with Crippen molar-refractivity contribution in [3.63, 3.8) is 0 Å². The molecule has 150 valence electrons. The molecule has 7 heteroatoms. The lowest BCUT2D eigenvalue weighted by Gasteiger charge is -2.17. The van der Waals surface area contributed by atoms with Gasteiger partial charge in [0.25, 0.3) is 0 Å². The van der Waals surface area contributed by atoms with E-state index >= 15 is 0 Å². The summed E-state index contributed by atoms with van der Waals surface area (Å²) in [7, 11) is -2.06. The lowest BCUT2D eigenvalue weighted by molar-refractivity contribution is 0.466. The van der Waals surface area contributed by atoms with Crippen LogP contribution in [0.3, 0.4) is 0 Å². The van der Waals surface area contributed by atoms with Gasteiger partial charge in [-0.25, -0.2) is 8.42 Å². The number of rotatable bonds is 7. The van der Waals surface area contributed by atoms with Crippen molar-refractivity contribution in [3.05, 3.63) is 83.9 Å². The Morgan fingerprint density at radius 3 is 2.24 bits per heavy atom. The quantitative estimate of drug-likeness (QED) is 0.545. The van der Waals surface area contributed by atoms with Crippen molar-refractivity contribution in [2.24, 2.45) is 10.2 Å². The summed E-state index contributed by atoms with van der Waals surface area (Å²) in [6.45, 7) is 2.30. The van der Waals surface area contributed by atoms with Gasteiger partial charge >= 0.3 is 0 Å². The zero-order chi connectivity index (χ0) is 20.9. The second kappa shape index (κ2) is 8.98. The van der Waals surface area contributed by atoms with Gasteiger partial charge in [0.15, 0.2) is 0 Å². The summed E-state index contributed by atoms with van der Waals surface area (Å²) >= 11 is 0. The first kappa shape index (κ1) is 20.7. The van der Waals surface area contributed by atoms with Gasteiger partial charge < -0.3 is 5.11 Å². The molecule has 0 saturated heterocycles. The third-order valence-electron chi connectivity index (χ3n) is 4.51. The molecule has 0 saturated carbocycles. The molecule has 0 aliphatic heterocycles. The number of phenolic OH excluding ortho intramolecular Hbond substituents is 1. The molecule has 0 radical (unpaired) electrons. The van der Waals surface area contributed by atoms with Crippen LogP contribution in [0.2, 0.25) is 0 Å². The van der Waals surface area contributed by atoms with Crippen LogP contribution in [0.5, 0.6) is 5.75 Å². The number of azo groups is 1. The van der Waals surface area contributed by atoms with E-state index in [9.17, 15) is 13.5 Å². The maximum Gasteiger partial charge on any atom is 0.243 e. The number of aromatic hydroxyl groups is 1. The molecule has 3 aromatic rings. The van der Waals surface area contributed by atoms with Crippen LogP contribution < -0.4 is 0 Å². The number of benzene rings is 3. The maximum atomic E-state index is 12.8. The summed E-state index contributed by atoms with van der Waals surface area (Å²) in [5, 5.41) is 18.1. The van der Waals surface area contributed by atoms with Crippen molar-refractivity contribution in [1.29, 1.82) is 0 Å². The second-order valence-corrected chi connectivity index (χ2v) is 8.66. The Bertz CT molecular complexity index is 1100. The van der Waals surface area contributed by atoms with Crippen LogP contribution in [0.25, 0.3) is 0 Å². The number of hydrogen-bond donors (Lipinski definition) is 1. The van der Waals surface area contributed by atoms with Crippen molar-refractivity contribution in [2.75, 3.05) is 7.05 Å². The average Bonchev–Trinajstić information content (AvgIpc) is 2.74. The number of sulfonamides is 1. The first-order valence-corrected chi connectivity index (χ1v) is 10.7. The van der Waals surface area contributed by atoms with Crippen LogP contribution in [-0.4, -0.2) is 24.9 Å². The Labute approximate surface area is 171 Å². The Hall–Kier alpha value is -3.03. The molecule has 1 N–H and O–H groups in total. The highest BCUT2D eigenvalue weighted by Crippen LogP contribution is 2.29. The summed E-state index contributed by atoms with van der Waals surface area (Å²) in [5.41, 5.74) is 2.83.